The van der Waals surface area contributed by atoms with E-state index in [4.69, 9.17) is 4.74 Å². The van der Waals surface area contributed by atoms with E-state index in [2.05, 4.69) is 11.4 Å². The second kappa shape index (κ2) is 6.21. The molecule has 0 spiro atoms. The summed E-state index contributed by atoms with van der Waals surface area (Å²) in [6, 6.07) is 0.830. The Labute approximate surface area is 111 Å². The van der Waals surface area contributed by atoms with Crippen molar-refractivity contribution < 1.29 is 4.74 Å². The molecule has 1 N–H and O–H groups in total. The molecule has 1 aliphatic heterocycles. The van der Waals surface area contributed by atoms with Gasteiger partial charge in [-0.25, -0.2) is 0 Å². The van der Waals surface area contributed by atoms with E-state index < -0.39 is 0 Å². The number of nitrogens with one attached hydrogen (secondary N) is 1. The van der Waals surface area contributed by atoms with Crippen molar-refractivity contribution in [2.24, 2.45) is 11.8 Å². The van der Waals surface area contributed by atoms with Gasteiger partial charge in [0, 0.05) is 25.1 Å². The molecule has 0 amide bonds. The molecule has 0 aromatic heterocycles. The first-order valence-corrected chi connectivity index (χ1v) is 7.93. The zero-order chi connectivity index (χ0) is 12.2. The van der Waals surface area contributed by atoms with Crippen LogP contribution in [0.3, 0.4) is 0 Å². The highest BCUT2D eigenvalue weighted by Gasteiger charge is 2.24. The van der Waals surface area contributed by atoms with Crippen LogP contribution < -0.4 is 5.32 Å². The first-order valence-electron chi connectivity index (χ1n) is 7.93. The molecule has 0 bridgehead atoms. The average Bonchev–Trinajstić information content (AvgIpc) is 3.11. The minimum absolute atomic E-state index is 0.697. The molecule has 2 saturated carbocycles. The van der Waals surface area contributed by atoms with Gasteiger partial charge in [0.2, 0.25) is 0 Å². The SMILES string of the molecule is C(=C(\CNC1CC1)C1CCCCC1)/C1CCOC1. The Balaban J connectivity index is 1.60. The molecule has 0 aromatic carbocycles. The monoisotopic (exact) mass is 249 g/mol. The highest BCUT2D eigenvalue weighted by molar-refractivity contribution is 5.13. The third-order valence-corrected chi connectivity index (χ3v) is 4.72. The van der Waals surface area contributed by atoms with E-state index >= 15 is 0 Å². The maximum absolute atomic E-state index is 5.52. The molecular formula is C16H27NO. The van der Waals surface area contributed by atoms with Gasteiger partial charge in [0.15, 0.2) is 0 Å². The highest BCUT2D eigenvalue weighted by atomic mass is 16.5. The van der Waals surface area contributed by atoms with Crippen molar-refractivity contribution in [3.63, 3.8) is 0 Å². The van der Waals surface area contributed by atoms with Crippen molar-refractivity contribution in [2.75, 3.05) is 19.8 Å². The zero-order valence-corrected chi connectivity index (χ0v) is 11.5. The number of hydrogen-bond acceptors (Lipinski definition) is 2. The molecule has 0 radical (unpaired) electrons. The summed E-state index contributed by atoms with van der Waals surface area (Å²) in [6.45, 7) is 3.07. The van der Waals surface area contributed by atoms with E-state index in [0.29, 0.717) is 5.92 Å². The lowest BCUT2D eigenvalue weighted by Gasteiger charge is -2.26. The molecule has 1 heterocycles. The fourth-order valence-electron chi connectivity index (χ4n) is 3.35. The second-order valence-electron chi connectivity index (χ2n) is 6.36. The second-order valence-corrected chi connectivity index (χ2v) is 6.36. The quantitative estimate of drug-likeness (QED) is 0.755. The fraction of sp³-hybridized carbons (Fsp3) is 0.875. The van der Waals surface area contributed by atoms with Crippen LogP contribution >= 0.6 is 0 Å². The summed E-state index contributed by atoms with van der Waals surface area (Å²) in [6.07, 6.45) is 13.8. The van der Waals surface area contributed by atoms with Crippen molar-refractivity contribution >= 4 is 0 Å². The van der Waals surface area contributed by atoms with Gasteiger partial charge in [-0.1, -0.05) is 30.9 Å². The zero-order valence-electron chi connectivity index (χ0n) is 11.5. The molecule has 3 rings (SSSR count). The van der Waals surface area contributed by atoms with Crippen LogP contribution in [-0.2, 0) is 4.74 Å². The summed E-state index contributed by atoms with van der Waals surface area (Å²) in [5.41, 5.74) is 1.71. The third-order valence-electron chi connectivity index (χ3n) is 4.72. The molecule has 1 saturated heterocycles. The van der Waals surface area contributed by atoms with Gasteiger partial charge in [-0.2, -0.15) is 0 Å². The van der Waals surface area contributed by atoms with E-state index in [0.717, 1.165) is 31.7 Å². The van der Waals surface area contributed by atoms with Crippen LogP contribution in [0.25, 0.3) is 0 Å². The Morgan fingerprint density at radius 1 is 1.06 bits per heavy atom. The number of rotatable bonds is 5. The van der Waals surface area contributed by atoms with E-state index in [1.807, 2.05) is 0 Å². The molecule has 1 atom stereocenters. The first kappa shape index (κ1) is 12.7. The van der Waals surface area contributed by atoms with Crippen LogP contribution in [0.5, 0.6) is 0 Å². The predicted molar refractivity (Wildman–Crippen MR) is 74.6 cm³/mol. The maximum atomic E-state index is 5.52. The van der Waals surface area contributed by atoms with Crippen LogP contribution in [-0.4, -0.2) is 25.8 Å². The molecule has 2 heteroatoms. The van der Waals surface area contributed by atoms with E-state index in [-0.39, 0.29) is 0 Å². The Kier molecular flexibility index (Phi) is 4.37. The van der Waals surface area contributed by atoms with Gasteiger partial charge < -0.3 is 10.1 Å². The predicted octanol–water partition coefficient (Wildman–Crippen LogP) is 3.28. The van der Waals surface area contributed by atoms with Crippen LogP contribution in [0, 0.1) is 11.8 Å². The van der Waals surface area contributed by atoms with Crippen LogP contribution in [0.4, 0.5) is 0 Å². The van der Waals surface area contributed by atoms with Gasteiger partial charge in [-0.05, 0) is 38.0 Å². The molecule has 1 unspecified atom stereocenters. The first-order chi connectivity index (χ1) is 8.92. The molecule has 3 fully saturated rings. The van der Waals surface area contributed by atoms with Gasteiger partial charge in [0.1, 0.15) is 0 Å². The van der Waals surface area contributed by atoms with Crippen molar-refractivity contribution in [2.45, 2.75) is 57.4 Å². The lowest BCUT2D eigenvalue weighted by molar-refractivity contribution is 0.191. The van der Waals surface area contributed by atoms with Gasteiger partial charge >= 0.3 is 0 Å². The summed E-state index contributed by atoms with van der Waals surface area (Å²) in [5, 5.41) is 3.72. The standard InChI is InChI=1S/C16H27NO/c1-2-4-14(5-3-1)15(11-17-16-6-7-16)10-13-8-9-18-12-13/h10,13-14,16-17H,1-9,11-12H2/b15-10-. The summed E-state index contributed by atoms with van der Waals surface area (Å²) in [4.78, 5) is 0. The van der Waals surface area contributed by atoms with Gasteiger partial charge in [0.25, 0.3) is 0 Å². The Hall–Kier alpha value is -0.340. The van der Waals surface area contributed by atoms with Crippen molar-refractivity contribution in [3.8, 4) is 0 Å². The lowest BCUT2D eigenvalue weighted by atomic mass is 9.82. The van der Waals surface area contributed by atoms with Gasteiger partial charge in [-0.3, -0.25) is 0 Å². The maximum Gasteiger partial charge on any atom is 0.0529 e. The topological polar surface area (TPSA) is 21.3 Å². The summed E-state index contributed by atoms with van der Waals surface area (Å²) in [7, 11) is 0. The fourth-order valence-corrected chi connectivity index (χ4v) is 3.35. The average molecular weight is 249 g/mol. The number of hydrogen-bond donors (Lipinski definition) is 1. The Morgan fingerprint density at radius 2 is 1.89 bits per heavy atom. The summed E-state index contributed by atoms with van der Waals surface area (Å²) < 4.78 is 5.52. The van der Waals surface area contributed by atoms with Crippen molar-refractivity contribution in [1.29, 1.82) is 0 Å². The minimum Gasteiger partial charge on any atom is -0.381 e. The summed E-state index contributed by atoms with van der Waals surface area (Å²) >= 11 is 0. The molecule has 2 nitrogen and oxygen atoms in total. The lowest BCUT2D eigenvalue weighted by Crippen LogP contribution is -2.24. The van der Waals surface area contributed by atoms with Crippen LogP contribution in [0.15, 0.2) is 11.6 Å². The highest BCUT2D eigenvalue weighted by Crippen LogP contribution is 2.31. The third kappa shape index (κ3) is 3.58. The van der Waals surface area contributed by atoms with E-state index in [1.54, 1.807) is 5.57 Å². The van der Waals surface area contributed by atoms with Gasteiger partial charge in [0.05, 0.1) is 6.61 Å². The van der Waals surface area contributed by atoms with E-state index in [9.17, 15) is 0 Å². The molecule has 102 valence electrons. The Morgan fingerprint density at radius 3 is 2.56 bits per heavy atom. The normalized spacial score (nSPS) is 30.9. The number of ether oxygens (including phenoxy) is 1. The smallest absolute Gasteiger partial charge is 0.0529 e. The van der Waals surface area contributed by atoms with Gasteiger partial charge in [-0.15, -0.1) is 0 Å². The molecular weight excluding hydrogens is 222 g/mol. The summed E-state index contributed by atoms with van der Waals surface area (Å²) in [5.74, 6) is 1.56. The van der Waals surface area contributed by atoms with Crippen molar-refractivity contribution in [1.82, 2.24) is 5.32 Å². The largest absolute Gasteiger partial charge is 0.381 e. The van der Waals surface area contributed by atoms with Crippen molar-refractivity contribution in [3.05, 3.63) is 11.6 Å². The van der Waals surface area contributed by atoms with Crippen LogP contribution in [0.1, 0.15) is 51.4 Å². The minimum atomic E-state index is 0.697. The molecule has 2 aliphatic carbocycles. The van der Waals surface area contributed by atoms with Crippen LogP contribution in [0.2, 0.25) is 0 Å². The molecule has 18 heavy (non-hydrogen) atoms. The van der Waals surface area contributed by atoms with E-state index in [1.165, 1.54) is 51.4 Å². The Bertz CT molecular complexity index is 283. The molecule has 0 aromatic rings. The molecule has 3 aliphatic rings.